The van der Waals surface area contributed by atoms with Crippen LogP contribution in [0.4, 0.5) is 52.7 Å². The zero-order chi connectivity index (χ0) is 21.4. The monoisotopic (exact) mass is 418 g/mol. The first-order chi connectivity index (χ1) is 11.2. The Morgan fingerprint density at radius 3 is 1.19 bits per heavy atom. The van der Waals surface area contributed by atoms with Crippen LogP contribution in [0, 0.1) is 9.81 Å². The second-order valence-corrected chi connectivity index (χ2v) is 4.97. The topological polar surface area (TPSA) is 79.1 Å². The van der Waals surface area contributed by atoms with E-state index in [1.165, 1.54) is 5.18 Å². The highest BCUT2D eigenvalue weighted by Gasteiger charge is 2.76. The van der Waals surface area contributed by atoms with E-state index in [2.05, 4.69) is 0 Å². The summed E-state index contributed by atoms with van der Waals surface area (Å²) in [5, 5.41) is 10.9. The largest absolute Gasteiger partial charge is 0.426 e. The van der Waals surface area contributed by atoms with E-state index in [1.54, 1.807) is 0 Å². The summed E-state index contributed by atoms with van der Waals surface area (Å²) in [4.78, 5) is 20.5. The van der Waals surface area contributed by atoms with E-state index in [0.717, 1.165) is 5.18 Å². The highest BCUT2D eigenvalue weighted by Crippen LogP contribution is 2.52. The molecule has 154 valence electrons. The van der Waals surface area contributed by atoms with Gasteiger partial charge in [0.15, 0.2) is 0 Å². The summed E-state index contributed by atoms with van der Waals surface area (Å²) in [5.74, 6) is 0. The van der Waals surface area contributed by atoms with Crippen molar-refractivity contribution in [2.45, 2.75) is 54.7 Å². The Morgan fingerprint density at radius 1 is 0.654 bits per heavy atom. The number of hydrogen-bond acceptors (Lipinski definition) is 5. The van der Waals surface area contributed by atoms with Crippen LogP contribution in [-0.2, 0) is 0 Å². The lowest BCUT2D eigenvalue weighted by Crippen LogP contribution is -2.60. The van der Waals surface area contributed by atoms with E-state index >= 15 is 0 Å². The van der Waals surface area contributed by atoms with Gasteiger partial charge >= 0.3 is 24.7 Å². The first-order valence-electron chi connectivity index (χ1n) is 5.86. The summed E-state index contributed by atoms with van der Waals surface area (Å²) in [6.45, 7) is 0. The molecule has 1 atom stereocenters. The molecule has 0 heterocycles. The molecule has 0 aliphatic heterocycles. The standard InChI is InChI=1S/C9H6F12N2O3/c10-6(11,12)4(23-26,7(13,14)15)1-3(22-25)2-5(24,8(16,17)18)9(19,20)21/h3,24H,1-2H2. The molecule has 0 rings (SSSR count). The number of halogens is 12. The Balaban J connectivity index is 6.15. The summed E-state index contributed by atoms with van der Waals surface area (Å²) in [6.07, 6.45) is -32.6. The zero-order valence-electron chi connectivity index (χ0n) is 11.7. The van der Waals surface area contributed by atoms with Crippen LogP contribution in [0.25, 0.3) is 0 Å². The van der Waals surface area contributed by atoms with Crippen molar-refractivity contribution in [2.75, 3.05) is 0 Å². The lowest BCUT2D eigenvalue weighted by Gasteiger charge is -2.36. The molecule has 0 spiro atoms. The second-order valence-electron chi connectivity index (χ2n) is 4.97. The molecule has 1 N–H and O–H groups in total. The van der Waals surface area contributed by atoms with Gasteiger partial charge in [-0.3, -0.25) is 0 Å². The molecule has 0 aliphatic carbocycles. The van der Waals surface area contributed by atoms with Crippen molar-refractivity contribution < 1.29 is 57.8 Å². The minimum Gasteiger partial charge on any atom is -0.374 e. The van der Waals surface area contributed by atoms with Crippen molar-refractivity contribution in [3.63, 3.8) is 0 Å². The van der Waals surface area contributed by atoms with E-state index < -0.39 is 54.7 Å². The zero-order valence-corrected chi connectivity index (χ0v) is 11.7. The highest BCUT2D eigenvalue weighted by molar-refractivity contribution is 5.06. The Bertz CT molecular complexity index is 492. The van der Waals surface area contributed by atoms with Gasteiger partial charge in [-0.25, -0.2) is 0 Å². The molecule has 0 radical (unpaired) electrons. The fourth-order valence-corrected chi connectivity index (χ4v) is 1.75. The molecule has 0 fully saturated rings. The van der Waals surface area contributed by atoms with Crippen LogP contribution >= 0.6 is 0 Å². The van der Waals surface area contributed by atoms with Gasteiger partial charge in [0.05, 0.1) is 6.04 Å². The maximum absolute atomic E-state index is 12.6. The van der Waals surface area contributed by atoms with Crippen molar-refractivity contribution in [1.82, 2.24) is 0 Å². The lowest BCUT2D eigenvalue weighted by atomic mass is 9.84. The summed E-state index contributed by atoms with van der Waals surface area (Å²) in [6, 6.07) is -3.58. The smallest absolute Gasteiger partial charge is 0.374 e. The van der Waals surface area contributed by atoms with Crippen LogP contribution < -0.4 is 0 Å². The molecule has 0 saturated heterocycles. The molecule has 0 aromatic carbocycles. The molecule has 0 aliphatic rings. The predicted octanol–water partition coefficient (Wildman–Crippen LogP) is 4.39. The third kappa shape index (κ3) is 4.17. The third-order valence-electron chi connectivity index (χ3n) is 3.24. The summed E-state index contributed by atoms with van der Waals surface area (Å²) in [7, 11) is 0. The van der Waals surface area contributed by atoms with Crippen LogP contribution in [0.5, 0.6) is 0 Å². The molecule has 0 saturated carbocycles. The maximum Gasteiger partial charge on any atom is 0.426 e. The van der Waals surface area contributed by atoms with Gasteiger partial charge in [-0.05, 0) is 5.18 Å². The summed E-state index contributed by atoms with van der Waals surface area (Å²) < 4.78 is 150. The highest BCUT2D eigenvalue weighted by atomic mass is 19.4. The van der Waals surface area contributed by atoms with Gasteiger partial charge in [0.2, 0.25) is 0 Å². The van der Waals surface area contributed by atoms with E-state index in [4.69, 9.17) is 5.11 Å². The average molecular weight is 418 g/mol. The van der Waals surface area contributed by atoms with E-state index in [9.17, 15) is 62.5 Å². The number of nitrogens with zero attached hydrogens (tertiary/aromatic N) is 2. The minimum atomic E-state index is -6.64. The van der Waals surface area contributed by atoms with Crippen molar-refractivity contribution in [3.05, 3.63) is 9.81 Å². The van der Waals surface area contributed by atoms with Crippen molar-refractivity contribution in [2.24, 2.45) is 10.4 Å². The quantitative estimate of drug-likeness (QED) is 0.514. The number of aliphatic hydroxyl groups is 1. The van der Waals surface area contributed by atoms with Crippen molar-refractivity contribution in [1.29, 1.82) is 0 Å². The third-order valence-corrected chi connectivity index (χ3v) is 3.24. The number of rotatable bonds is 6. The van der Waals surface area contributed by atoms with E-state index in [-0.39, 0.29) is 0 Å². The van der Waals surface area contributed by atoms with Gasteiger partial charge in [0.1, 0.15) is 0 Å². The molecule has 1 unspecified atom stereocenters. The Hall–Kier alpha value is -1.68. The number of alkyl halides is 12. The van der Waals surface area contributed by atoms with Gasteiger partial charge in [-0.15, -0.1) is 4.91 Å². The molecule has 0 amide bonds. The Morgan fingerprint density at radius 2 is 1.00 bits per heavy atom. The molecule has 17 heteroatoms. The second kappa shape index (κ2) is 6.80. The first kappa shape index (κ1) is 24.3. The van der Waals surface area contributed by atoms with Gasteiger partial charge in [0, 0.05) is 12.8 Å². The normalized spacial score (nSPS) is 16.3. The fourth-order valence-electron chi connectivity index (χ4n) is 1.75. The molecule has 0 aromatic rings. The predicted molar refractivity (Wildman–Crippen MR) is 56.5 cm³/mol. The van der Waals surface area contributed by atoms with Crippen molar-refractivity contribution in [3.8, 4) is 0 Å². The van der Waals surface area contributed by atoms with Crippen molar-refractivity contribution >= 4 is 0 Å². The van der Waals surface area contributed by atoms with E-state index in [0.29, 0.717) is 0 Å². The average Bonchev–Trinajstić information content (AvgIpc) is 2.37. The molecule has 5 nitrogen and oxygen atoms in total. The summed E-state index contributed by atoms with van der Waals surface area (Å²) >= 11 is 0. The van der Waals surface area contributed by atoms with Crippen LogP contribution in [0.2, 0.25) is 0 Å². The van der Waals surface area contributed by atoms with Crippen LogP contribution in [-0.4, -0.2) is 47.0 Å². The molecule has 26 heavy (non-hydrogen) atoms. The van der Waals surface area contributed by atoms with Gasteiger partial charge in [-0.1, -0.05) is 5.18 Å². The Kier molecular flexibility index (Phi) is 6.36. The van der Waals surface area contributed by atoms with E-state index in [1.807, 2.05) is 0 Å². The maximum atomic E-state index is 12.6. The van der Waals surface area contributed by atoms with Gasteiger partial charge in [-0.2, -0.15) is 57.6 Å². The fraction of sp³-hybridized carbons (Fsp3) is 1.00. The number of hydrogen-bond donors (Lipinski definition) is 1. The number of nitroso groups, excluding NO2 is 2. The lowest BCUT2D eigenvalue weighted by molar-refractivity contribution is -0.371. The molecule has 0 aromatic heterocycles. The Labute approximate surface area is 134 Å². The first-order valence-corrected chi connectivity index (χ1v) is 5.86. The molecular formula is C9H6F12N2O3. The SMILES string of the molecule is O=NC(CC(O)(C(F)(F)F)C(F)(F)F)CC(N=O)(C(F)(F)F)C(F)(F)F. The minimum absolute atomic E-state index is 0.761. The molecular weight excluding hydrogens is 412 g/mol. The van der Waals surface area contributed by atoms with Gasteiger partial charge in [0.25, 0.3) is 11.1 Å². The summed E-state index contributed by atoms with van der Waals surface area (Å²) in [5.41, 5.74) is -11.6. The van der Waals surface area contributed by atoms with Gasteiger partial charge < -0.3 is 5.11 Å². The molecule has 0 bridgehead atoms. The van der Waals surface area contributed by atoms with Crippen LogP contribution in [0.1, 0.15) is 12.8 Å². The van der Waals surface area contributed by atoms with Crippen LogP contribution in [0.15, 0.2) is 10.4 Å². The van der Waals surface area contributed by atoms with Crippen LogP contribution in [0.3, 0.4) is 0 Å².